The van der Waals surface area contributed by atoms with E-state index in [1.165, 1.54) is 16.5 Å². The third-order valence-corrected chi connectivity index (χ3v) is 5.64. The molecule has 0 saturated carbocycles. The maximum atomic E-state index is 12.8. The number of fused-ring (bicyclic) bond motifs is 1. The van der Waals surface area contributed by atoms with Crippen LogP contribution in [0, 0.1) is 0 Å². The largest absolute Gasteiger partial charge is 0.478 e. The Morgan fingerprint density at radius 3 is 2.70 bits per heavy atom. The summed E-state index contributed by atoms with van der Waals surface area (Å²) in [5.41, 5.74) is 0.615. The first kappa shape index (κ1) is 17.2. The number of nitrogens with zero attached hydrogens (tertiary/aromatic N) is 3. The number of hydrogen-bond donors (Lipinski definition) is 2. The molecule has 0 saturated heterocycles. The number of carbonyl (C=O) groups excluding carboxylic acids is 1. The van der Waals surface area contributed by atoms with Crippen molar-refractivity contribution in [2.45, 2.75) is 26.6 Å². The zero-order valence-corrected chi connectivity index (χ0v) is 13.6. The van der Waals surface area contributed by atoms with Crippen LogP contribution in [0.1, 0.15) is 20.3 Å². The van der Waals surface area contributed by atoms with Crippen molar-refractivity contribution in [3.63, 3.8) is 0 Å². The van der Waals surface area contributed by atoms with Crippen molar-refractivity contribution in [3.05, 3.63) is 23.4 Å². The third kappa shape index (κ3) is 2.99. The van der Waals surface area contributed by atoms with E-state index in [-0.39, 0.29) is 36.5 Å². The Balaban J connectivity index is 2.46. The standard InChI is InChI=1S/C13H18N4O5S/c1-3-16(4-2)23(21,22)17-11-6-5-9(12(19)20)7-10(11)15-13(17)14-8-18/h6-8,13H,3-5H2,1-2H3,(H,14,18)(H,19,20). The first-order valence-corrected chi connectivity index (χ1v) is 8.47. The lowest BCUT2D eigenvalue weighted by molar-refractivity contribution is -0.132. The topological polar surface area (TPSA) is 119 Å². The van der Waals surface area contributed by atoms with Crippen LogP contribution < -0.4 is 5.32 Å². The molecule has 2 rings (SSSR count). The van der Waals surface area contributed by atoms with Gasteiger partial charge in [0.1, 0.15) is 0 Å². The highest BCUT2D eigenvalue weighted by atomic mass is 32.2. The molecule has 2 aliphatic rings. The second kappa shape index (κ2) is 6.50. The number of rotatable bonds is 7. The maximum absolute atomic E-state index is 12.8. The molecule has 0 radical (unpaired) electrons. The van der Waals surface area contributed by atoms with Crippen molar-refractivity contribution in [2.24, 2.45) is 4.99 Å². The smallest absolute Gasteiger partial charge is 0.331 e. The summed E-state index contributed by atoms with van der Waals surface area (Å²) in [6, 6.07) is 0. The van der Waals surface area contributed by atoms with Gasteiger partial charge >= 0.3 is 16.2 Å². The molecule has 1 unspecified atom stereocenters. The van der Waals surface area contributed by atoms with E-state index in [4.69, 9.17) is 5.11 Å². The van der Waals surface area contributed by atoms with E-state index in [1.807, 2.05) is 0 Å². The monoisotopic (exact) mass is 342 g/mol. The highest BCUT2D eigenvalue weighted by Crippen LogP contribution is 2.30. The second-order valence-corrected chi connectivity index (χ2v) is 6.63. The van der Waals surface area contributed by atoms with Gasteiger partial charge in [-0.25, -0.2) is 14.1 Å². The molecule has 1 aliphatic carbocycles. The van der Waals surface area contributed by atoms with E-state index < -0.39 is 22.5 Å². The number of carboxylic acids is 1. The summed E-state index contributed by atoms with van der Waals surface area (Å²) in [6.07, 6.45) is 2.15. The molecule has 126 valence electrons. The average Bonchev–Trinajstić information content (AvgIpc) is 2.86. The molecule has 0 spiro atoms. The van der Waals surface area contributed by atoms with Crippen molar-refractivity contribution < 1.29 is 23.1 Å². The van der Waals surface area contributed by atoms with Crippen LogP contribution in [0.2, 0.25) is 0 Å². The molecule has 1 aliphatic heterocycles. The van der Waals surface area contributed by atoms with Gasteiger partial charge in [-0.1, -0.05) is 19.9 Å². The number of allylic oxidation sites excluding steroid dienone is 2. The minimum atomic E-state index is -3.89. The minimum Gasteiger partial charge on any atom is -0.478 e. The molecule has 1 amide bonds. The second-order valence-electron chi connectivity index (χ2n) is 4.83. The van der Waals surface area contributed by atoms with Crippen LogP contribution in [0.4, 0.5) is 0 Å². The number of amides is 1. The predicted octanol–water partition coefficient (Wildman–Crippen LogP) is -0.342. The zero-order chi connectivity index (χ0) is 17.2. The van der Waals surface area contributed by atoms with E-state index in [9.17, 15) is 18.0 Å². The van der Waals surface area contributed by atoms with Gasteiger partial charge in [-0.15, -0.1) is 0 Å². The highest BCUT2D eigenvalue weighted by molar-refractivity contribution is 7.87. The Labute approximate surface area is 134 Å². The molecular weight excluding hydrogens is 324 g/mol. The fourth-order valence-electron chi connectivity index (χ4n) is 2.47. The molecular formula is C13H18N4O5S. The minimum absolute atomic E-state index is 0.0851. The summed E-state index contributed by atoms with van der Waals surface area (Å²) in [5.74, 6) is -1.09. The van der Waals surface area contributed by atoms with Gasteiger partial charge in [0.15, 0.2) is 0 Å². The summed E-state index contributed by atoms with van der Waals surface area (Å²) in [6.45, 7) is 3.95. The molecule has 0 bridgehead atoms. The maximum Gasteiger partial charge on any atom is 0.331 e. The summed E-state index contributed by atoms with van der Waals surface area (Å²) in [7, 11) is -3.89. The van der Waals surface area contributed by atoms with E-state index in [2.05, 4.69) is 10.3 Å². The van der Waals surface area contributed by atoms with E-state index in [0.717, 1.165) is 4.31 Å². The van der Waals surface area contributed by atoms with Gasteiger partial charge in [-0.2, -0.15) is 12.7 Å². The van der Waals surface area contributed by atoms with Crippen LogP contribution in [-0.4, -0.2) is 59.6 Å². The molecule has 9 nitrogen and oxygen atoms in total. The van der Waals surface area contributed by atoms with Crippen molar-refractivity contribution in [1.29, 1.82) is 0 Å². The van der Waals surface area contributed by atoms with Gasteiger partial charge in [0.25, 0.3) is 0 Å². The molecule has 10 heteroatoms. The van der Waals surface area contributed by atoms with E-state index >= 15 is 0 Å². The van der Waals surface area contributed by atoms with Crippen molar-refractivity contribution in [1.82, 2.24) is 13.9 Å². The van der Waals surface area contributed by atoms with Crippen molar-refractivity contribution in [2.75, 3.05) is 13.1 Å². The Hall–Kier alpha value is -2.20. The van der Waals surface area contributed by atoms with Gasteiger partial charge in [0.2, 0.25) is 12.7 Å². The fourth-order valence-corrected chi connectivity index (χ4v) is 4.15. The SMILES string of the molecule is CCN(CC)S(=O)(=O)N1C2=CCC(C(=O)O)=CC2=NC1NC=O. The molecule has 0 fully saturated rings. The number of aliphatic imine (C=N–C) groups is 1. The molecule has 0 aromatic carbocycles. The molecule has 23 heavy (non-hydrogen) atoms. The van der Waals surface area contributed by atoms with Crippen LogP contribution in [0.15, 0.2) is 28.4 Å². The van der Waals surface area contributed by atoms with Gasteiger partial charge in [-0.3, -0.25) is 4.79 Å². The Morgan fingerprint density at radius 2 is 2.17 bits per heavy atom. The lowest BCUT2D eigenvalue weighted by Gasteiger charge is -2.31. The Bertz CT molecular complexity index is 706. The fraction of sp³-hybridized carbons (Fsp3) is 0.462. The number of carboxylic acid groups (broad SMARTS) is 1. The Kier molecular flexibility index (Phi) is 4.85. The van der Waals surface area contributed by atoms with Crippen molar-refractivity contribution >= 4 is 28.3 Å². The van der Waals surface area contributed by atoms with Crippen LogP contribution in [0.25, 0.3) is 0 Å². The molecule has 1 atom stereocenters. The van der Waals surface area contributed by atoms with E-state index in [1.54, 1.807) is 13.8 Å². The first-order chi connectivity index (χ1) is 10.9. The van der Waals surface area contributed by atoms with Gasteiger partial charge in [-0.05, 0) is 12.5 Å². The summed E-state index contributed by atoms with van der Waals surface area (Å²) in [5, 5.41) is 11.4. The lowest BCUT2D eigenvalue weighted by atomic mass is 10.0. The van der Waals surface area contributed by atoms with Crippen LogP contribution in [0.5, 0.6) is 0 Å². The number of nitrogens with one attached hydrogen (secondary N) is 1. The van der Waals surface area contributed by atoms with Crippen molar-refractivity contribution in [3.8, 4) is 0 Å². The lowest BCUT2D eigenvalue weighted by Crippen LogP contribution is -2.50. The molecule has 2 N–H and O–H groups in total. The number of aliphatic carboxylic acids is 1. The van der Waals surface area contributed by atoms with Crippen LogP contribution in [0.3, 0.4) is 0 Å². The first-order valence-electron chi connectivity index (χ1n) is 7.08. The van der Waals surface area contributed by atoms with Crippen LogP contribution >= 0.6 is 0 Å². The molecule has 0 aromatic rings. The summed E-state index contributed by atoms with van der Waals surface area (Å²) < 4.78 is 27.8. The number of hydrogen-bond acceptors (Lipinski definition) is 5. The zero-order valence-electron chi connectivity index (χ0n) is 12.8. The molecule has 1 heterocycles. The number of carbonyl (C=O) groups is 2. The normalized spacial score (nSPS) is 20.6. The average molecular weight is 342 g/mol. The third-order valence-electron chi connectivity index (χ3n) is 3.58. The van der Waals surface area contributed by atoms with Crippen LogP contribution in [-0.2, 0) is 19.8 Å². The molecule has 0 aromatic heterocycles. The van der Waals surface area contributed by atoms with E-state index in [0.29, 0.717) is 6.41 Å². The highest BCUT2D eigenvalue weighted by Gasteiger charge is 2.42. The summed E-state index contributed by atoms with van der Waals surface area (Å²) >= 11 is 0. The quantitative estimate of drug-likeness (QED) is 0.613. The van der Waals surface area contributed by atoms with Gasteiger partial charge in [0, 0.05) is 18.7 Å². The summed E-state index contributed by atoms with van der Waals surface area (Å²) in [4.78, 5) is 26.0. The van der Waals surface area contributed by atoms with Gasteiger partial charge < -0.3 is 10.4 Å². The predicted molar refractivity (Wildman–Crippen MR) is 82.5 cm³/mol. The Morgan fingerprint density at radius 1 is 1.52 bits per heavy atom. The van der Waals surface area contributed by atoms with Gasteiger partial charge in [0.05, 0.1) is 11.4 Å².